The number of ketones is 1. The van der Waals surface area contributed by atoms with Crippen molar-refractivity contribution in [2.24, 2.45) is 4.99 Å². The van der Waals surface area contributed by atoms with Gasteiger partial charge in [-0.25, -0.2) is 0 Å². The maximum Gasteiger partial charge on any atom is 0.179 e. The van der Waals surface area contributed by atoms with Crippen LogP contribution >= 0.6 is 0 Å². The van der Waals surface area contributed by atoms with E-state index in [9.17, 15) is 4.79 Å². The van der Waals surface area contributed by atoms with E-state index < -0.39 is 0 Å². The number of hydrogen-bond donors (Lipinski definition) is 1. The normalized spacial score (nSPS) is 15.9. The summed E-state index contributed by atoms with van der Waals surface area (Å²) in [6.07, 6.45) is 3.83. The van der Waals surface area contributed by atoms with Crippen LogP contribution < -0.4 is 5.32 Å². The largest absolute Gasteiger partial charge is 0.376 e. The number of Topliss-reactive ketones (excluding diaryl/α,β-unsaturated/α-hetero) is 1. The van der Waals surface area contributed by atoms with Gasteiger partial charge in [0, 0.05) is 12.6 Å². The second-order valence-corrected chi connectivity index (χ2v) is 2.03. The molecule has 0 aromatic rings. The van der Waals surface area contributed by atoms with E-state index in [-0.39, 0.29) is 5.78 Å². The van der Waals surface area contributed by atoms with Crippen LogP contribution in [-0.4, -0.2) is 18.5 Å². The van der Waals surface area contributed by atoms with E-state index in [0.29, 0.717) is 18.7 Å². The van der Waals surface area contributed by atoms with Gasteiger partial charge in [0.15, 0.2) is 5.78 Å². The van der Waals surface area contributed by atoms with Crippen molar-refractivity contribution in [2.45, 2.75) is 13.3 Å². The SMILES string of the molecule is CCC(=O)C1=CN=CCN1. The Balaban J connectivity index is 2.62. The van der Waals surface area contributed by atoms with Gasteiger partial charge in [0.05, 0.1) is 18.4 Å². The molecule has 0 saturated carbocycles. The average Bonchev–Trinajstić information content (AvgIpc) is 2.05. The topological polar surface area (TPSA) is 41.5 Å². The molecule has 0 aliphatic carbocycles. The smallest absolute Gasteiger partial charge is 0.179 e. The fourth-order valence-corrected chi connectivity index (χ4v) is 0.742. The average molecular weight is 138 g/mol. The van der Waals surface area contributed by atoms with Gasteiger partial charge in [-0.05, 0) is 0 Å². The van der Waals surface area contributed by atoms with Crippen LogP contribution in [0.15, 0.2) is 16.9 Å². The summed E-state index contributed by atoms with van der Waals surface area (Å²) in [7, 11) is 0. The van der Waals surface area contributed by atoms with Gasteiger partial charge >= 0.3 is 0 Å². The van der Waals surface area contributed by atoms with Crippen LogP contribution in [0.4, 0.5) is 0 Å². The van der Waals surface area contributed by atoms with Gasteiger partial charge < -0.3 is 5.32 Å². The molecule has 0 spiro atoms. The van der Waals surface area contributed by atoms with E-state index in [1.165, 1.54) is 0 Å². The summed E-state index contributed by atoms with van der Waals surface area (Å²) in [6.45, 7) is 2.50. The van der Waals surface area contributed by atoms with Crippen molar-refractivity contribution in [3.8, 4) is 0 Å². The zero-order chi connectivity index (χ0) is 7.40. The predicted octanol–water partition coefficient (Wildman–Crippen LogP) is 0.481. The molecular formula is C7H10N2O. The lowest BCUT2D eigenvalue weighted by atomic mass is 10.2. The molecular weight excluding hydrogens is 128 g/mol. The van der Waals surface area contributed by atoms with Crippen LogP contribution in [0.1, 0.15) is 13.3 Å². The number of allylic oxidation sites excluding steroid dienone is 1. The molecule has 54 valence electrons. The summed E-state index contributed by atoms with van der Waals surface area (Å²) in [5.74, 6) is 0.122. The van der Waals surface area contributed by atoms with Crippen molar-refractivity contribution in [3.63, 3.8) is 0 Å². The van der Waals surface area contributed by atoms with Crippen molar-refractivity contribution >= 4 is 12.0 Å². The lowest BCUT2D eigenvalue weighted by molar-refractivity contribution is -0.115. The molecule has 3 heteroatoms. The minimum Gasteiger partial charge on any atom is -0.376 e. The molecule has 0 saturated heterocycles. The minimum atomic E-state index is 0.122. The molecule has 0 unspecified atom stereocenters. The summed E-state index contributed by atoms with van der Waals surface area (Å²) in [4.78, 5) is 14.8. The lowest BCUT2D eigenvalue weighted by Crippen LogP contribution is -2.23. The first-order valence-electron chi connectivity index (χ1n) is 3.33. The molecule has 10 heavy (non-hydrogen) atoms. The van der Waals surface area contributed by atoms with Crippen LogP contribution in [0.3, 0.4) is 0 Å². The monoisotopic (exact) mass is 138 g/mol. The first-order chi connectivity index (χ1) is 4.84. The maximum absolute atomic E-state index is 11.0. The Morgan fingerprint density at radius 2 is 2.70 bits per heavy atom. The van der Waals surface area contributed by atoms with Gasteiger partial charge in [0.2, 0.25) is 0 Å². The van der Waals surface area contributed by atoms with Crippen LogP contribution in [0.2, 0.25) is 0 Å². The molecule has 0 aromatic carbocycles. The standard InChI is InChI=1S/C7H10N2O/c1-2-7(10)6-5-8-3-4-9-6/h3,5,9H,2,4H2,1H3. The molecule has 0 amide bonds. The lowest BCUT2D eigenvalue weighted by Gasteiger charge is -2.07. The Bertz CT molecular complexity index is 194. The first kappa shape index (κ1) is 6.99. The number of aliphatic imine (C=N–C) groups is 1. The summed E-state index contributed by atoms with van der Waals surface area (Å²) < 4.78 is 0. The van der Waals surface area contributed by atoms with Crippen LogP contribution in [0.25, 0.3) is 0 Å². The third-order valence-corrected chi connectivity index (χ3v) is 1.31. The van der Waals surface area contributed by atoms with Gasteiger partial charge in [-0.15, -0.1) is 0 Å². The van der Waals surface area contributed by atoms with Crippen LogP contribution in [0, 0.1) is 0 Å². The molecule has 1 aliphatic rings. The number of nitrogens with one attached hydrogen (secondary N) is 1. The highest BCUT2D eigenvalue weighted by atomic mass is 16.1. The first-order valence-corrected chi connectivity index (χ1v) is 3.33. The molecule has 1 aliphatic heterocycles. The molecule has 1 heterocycles. The fourth-order valence-electron chi connectivity index (χ4n) is 0.742. The number of carbonyl (C=O) groups excluding carboxylic acids is 1. The minimum absolute atomic E-state index is 0.122. The van der Waals surface area contributed by atoms with Crippen molar-refractivity contribution in [3.05, 3.63) is 11.9 Å². The number of rotatable bonds is 2. The zero-order valence-corrected chi connectivity index (χ0v) is 5.92. The second-order valence-electron chi connectivity index (χ2n) is 2.03. The fraction of sp³-hybridized carbons (Fsp3) is 0.429. The van der Waals surface area contributed by atoms with E-state index in [1.807, 2.05) is 6.92 Å². The highest BCUT2D eigenvalue weighted by molar-refractivity contribution is 5.95. The van der Waals surface area contributed by atoms with Gasteiger partial charge in [0.25, 0.3) is 0 Å². The van der Waals surface area contributed by atoms with Gasteiger partial charge in [-0.2, -0.15) is 0 Å². The van der Waals surface area contributed by atoms with E-state index in [2.05, 4.69) is 10.3 Å². The molecule has 0 atom stereocenters. The Labute approximate surface area is 59.8 Å². The molecule has 0 aromatic heterocycles. The van der Waals surface area contributed by atoms with Crippen molar-refractivity contribution in [1.82, 2.24) is 5.32 Å². The van der Waals surface area contributed by atoms with Crippen molar-refractivity contribution in [1.29, 1.82) is 0 Å². The number of hydrogen-bond acceptors (Lipinski definition) is 3. The molecule has 1 rings (SSSR count). The predicted molar refractivity (Wildman–Crippen MR) is 39.9 cm³/mol. The van der Waals surface area contributed by atoms with Gasteiger partial charge in [0.1, 0.15) is 0 Å². The maximum atomic E-state index is 11.0. The number of carbonyl (C=O) groups is 1. The number of nitrogens with zero attached hydrogens (tertiary/aromatic N) is 1. The quantitative estimate of drug-likeness (QED) is 0.603. The Morgan fingerprint density at radius 1 is 1.90 bits per heavy atom. The van der Waals surface area contributed by atoms with Gasteiger partial charge in [-0.1, -0.05) is 6.92 Å². The van der Waals surface area contributed by atoms with Crippen LogP contribution in [-0.2, 0) is 4.79 Å². The third-order valence-electron chi connectivity index (χ3n) is 1.31. The Morgan fingerprint density at radius 3 is 3.20 bits per heavy atom. The second kappa shape index (κ2) is 3.15. The highest BCUT2D eigenvalue weighted by Crippen LogP contribution is 1.97. The van der Waals surface area contributed by atoms with E-state index in [4.69, 9.17) is 0 Å². The van der Waals surface area contributed by atoms with E-state index in [1.54, 1.807) is 12.4 Å². The summed E-state index contributed by atoms with van der Waals surface area (Å²) in [6, 6.07) is 0. The van der Waals surface area contributed by atoms with E-state index >= 15 is 0 Å². The molecule has 3 nitrogen and oxygen atoms in total. The van der Waals surface area contributed by atoms with E-state index in [0.717, 1.165) is 0 Å². The van der Waals surface area contributed by atoms with Gasteiger partial charge in [-0.3, -0.25) is 9.79 Å². The molecule has 0 radical (unpaired) electrons. The summed E-state index contributed by atoms with van der Waals surface area (Å²) in [5, 5.41) is 2.93. The Hall–Kier alpha value is -1.12. The molecule has 1 N–H and O–H groups in total. The molecule has 0 fully saturated rings. The third kappa shape index (κ3) is 1.43. The van der Waals surface area contributed by atoms with Crippen LogP contribution in [0.5, 0.6) is 0 Å². The Kier molecular flexibility index (Phi) is 2.20. The van der Waals surface area contributed by atoms with Crippen molar-refractivity contribution < 1.29 is 4.79 Å². The summed E-state index contributed by atoms with van der Waals surface area (Å²) in [5.41, 5.74) is 0.630. The summed E-state index contributed by atoms with van der Waals surface area (Å²) >= 11 is 0. The molecule has 0 bridgehead atoms. The highest BCUT2D eigenvalue weighted by Gasteiger charge is 2.06. The van der Waals surface area contributed by atoms with Crippen molar-refractivity contribution in [2.75, 3.05) is 6.54 Å². The zero-order valence-electron chi connectivity index (χ0n) is 5.92.